The molecule has 0 N–H and O–H groups in total. The predicted molar refractivity (Wildman–Crippen MR) is 72.7 cm³/mol. The number of esters is 1. The average molecular weight is 341 g/mol. The van der Waals surface area contributed by atoms with Crippen molar-refractivity contribution in [2.24, 2.45) is 0 Å². The number of thioether (sulfide) groups is 1. The number of carbonyl (C=O) groups is 1. The number of cyclic esters (lactones) is 1. The largest absolute Gasteiger partial charge is 0.465 e. The summed E-state index contributed by atoms with van der Waals surface area (Å²) in [5, 5.41) is 8.07. The zero-order valence-corrected chi connectivity index (χ0v) is 12.1. The molecule has 0 unspecified atom stereocenters. The van der Waals surface area contributed by atoms with Crippen LogP contribution in [-0.4, -0.2) is 28.0 Å². The van der Waals surface area contributed by atoms with Crippen molar-refractivity contribution < 1.29 is 13.9 Å². The summed E-state index contributed by atoms with van der Waals surface area (Å²) in [5.41, 5.74) is 0.844. The summed E-state index contributed by atoms with van der Waals surface area (Å²) in [4.78, 5) is 11.4. The minimum absolute atomic E-state index is 0.214. The van der Waals surface area contributed by atoms with E-state index in [0.29, 0.717) is 24.1 Å². The lowest BCUT2D eigenvalue weighted by atomic mass is 10.2. The fourth-order valence-corrected chi connectivity index (χ4v) is 2.77. The molecule has 19 heavy (non-hydrogen) atoms. The quantitative estimate of drug-likeness (QED) is 0.800. The molecule has 1 aromatic carbocycles. The number of aromatic nitrogens is 2. The summed E-state index contributed by atoms with van der Waals surface area (Å²) < 4.78 is 11.4. The van der Waals surface area contributed by atoms with Crippen LogP contribution in [0.1, 0.15) is 6.42 Å². The monoisotopic (exact) mass is 340 g/mol. The number of benzene rings is 1. The van der Waals surface area contributed by atoms with Gasteiger partial charge in [0.15, 0.2) is 0 Å². The maximum absolute atomic E-state index is 11.4. The number of halogens is 1. The maximum Gasteiger partial charge on any atom is 0.319 e. The fraction of sp³-hybridized carbons (Fsp3) is 0.250. The zero-order valence-electron chi connectivity index (χ0n) is 9.71. The maximum atomic E-state index is 11.4. The minimum Gasteiger partial charge on any atom is -0.465 e. The molecule has 3 rings (SSSR count). The van der Waals surface area contributed by atoms with Crippen molar-refractivity contribution in [1.29, 1.82) is 0 Å². The van der Waals surface area contributed by atoms with Gasteiger partial charge in [0.25, 0.3) is 5.22 Å². The van der Waals surface area contributed by atoms with E-state index >= 15 is 0 Å². The van der Waals surface area contributed by atoms with Crippen molar-refractivity contribution in [1.82, 2.24) is 10.2 Å². The highest BCUT2D eigenvalue weighted by Gasteiger charge is 2.29. The molecule has 0 radical (unpaired) electrons. The SMILES string of the molecule is O=C1OCC[C@@H]1Sc1nnc(-c2ccc(Br)cc2)o1. The van der Waals surface area contributed by atoms with Crippen molar-refractivity contribution in [3.63, 3.8) is 0 Å². The molecule has 1 saturated heterocycles. The van der Waals surface area contributed by atoms with Gasteiger partial charge in [-0.1, -0.05) is 15.9 Å². The number of carbonyl (C=O) groups excluding carboxylic acids is 1. The Morgan fingerprint density at radius 2 is 2.05 bits per heavy atom. The first-order chi connectivity index (χ1) is 9.22. The first kappa shape index (κ1) is 12.7. The van der Waals surface area contributed by atoms with Gasteiger partial charge < -0.3 is 9.15 Å². The lowest BCUT2D eigenvalue weighted by molar-refractivity contribution is -0.137. The van der Waals surface area contributed by atoms with Crippen LogP contribution in [0.4, 0.5) is 0 Å². The molecule has 1 aliphatic rings. The van der Waals surface area contributed by atoms with Gasteiger partial charge in [-0.3, -0.25) is 4.79 Å². The van der Waals surface area contributed by atoms with Gasteiger partial charge in [0, 0.05) is 16.5 Å². The van der Waals surface area contributed by atoms with Crippen molar-refractivity contribution >= 4 is 33.7 Å². The van der Waals surface area contributed by atoms with Gasteiger partial charge in [0.2, 0.25) is 5.89 Å². The van der Waals surface area contributed by atoms with Crippen LogP contribution in [0.15, 0.2) is 38.4 Å². The second-order valence-electron chi connectivity index (χ2n) is 3.94. The molecule has 1 fully saturated rings. The summed E-state index contributed by atoms with van der Waals surface area (Å²) in [6.07, 6.45) is 0.680. The number of nitrogens with zero attached hydrogens (tertiary/aromatic N) is 2. The Labute approximate surface area is 121 Å². The molecule has 7 heteroatoms. The summed E-state index contributed by atoms with van der Waals surface area (Å²) in [7, 11) is 0. The molecule has 1 atom stereocenters. The van der Waals surface area contributed by atoms with Crippen LogP contribution in [0.2, 0.25) is 0 Å². The second-order valence-corrected chi connectivity index (χ2v) is 6.01. The van der Waals surface area contributed by atoms with E-state index in [2.05, 4.69) is 26.1 Å². The number of rotatable bonds is 3. The van der Waals surface area contributed by atoms with Crippen molar-refractivity contribution in [3.8, 4) is 11.5 Å². The van der Waals surface area contributed by atoms with Crippen molar-refractivity contribution in [3.05, 3.63) is 28.7 Å². The third kappa shape index (κ3) is 2.82. The lowest BCUT2D eigenvalue weighted by Gasteiger charge is -1.99. The number of hydrogen-bond donors (Lipinski definition) is 0. The zero-order chi connectivity index (χ0) is 13.2. The molecule has 98 valence electrons. The lowest BCUT2D eigenvalue weighted by Crippen LogP contribution is -2.09. The molecular formula is C12H9BrN2O3S. The van der Waals surface area contributed by atoms with E-state index in [1.165, 1.54) is 11.8 Å². The van der Waals surface area contributed by atoms with E-state index in [0.717, 1.165) is 10.0 Å². The van der Waals surface area contributed by atoms with Gasteiger partial charge in [0.1, 0.15) is 5.25 Å². The van der Waals surface area contributed by atoms with Crippen LogP contribution in [0, 0.1) is 0 Å². The Kier molecular flexibility index (Phi) is 3.56. The number of ether oxygens (including phenoxy) is 1. The van der Waals surface area contributed by atoms with E-state index < -0.39 is 0 Å². The standard InChI is InChI=1S/C12H9BrN2O3S/c13-8-3-1-7(2-4-8)10-14-15-12(18-10)19-9-5-6-17-11(9)16/h1-4,9H,5-6H2/t9-/m0/s1. The topological polar surface area (TPSA) is 65.2 Å². The van der Waals surface area contributed by atoms with Crippen LogP contribution in [-0.2, 0) is 9.53 Å². The first-order valence-corrected chi connectivity index (χ1v) is 7.32. The van der Waals surface area contributed by atoms with Crippen LogP contribution in [0.25, 0.3) is 11.5 Å². The molecule has 1 aliphatic heterocycles. The molecule has 1 aromatic heterocycles. The van der Waals surface area contributed by atoms with Crippen LogP contribution in [0.5, 0.6) is 0 Å². The minimum atomic E-state index is -0.238. The molecule has 0 amide bonds. The Bertz CT molecular complexity index is 599. The van der Waals surface area contributed by atoms with Gasteiger partial charge >= 0.3 is 5.97 Å². The van der Waals surface area contributed by atoms with Crippen LogP contribution < -0.4 is 0 Å². The van der Waals surface area contributed by atoms with E-state index in [4.69, 9.17) is 9.15 Å². The molecule has 0 bridgehead atoms. The van der Waals surface area contributed by atoms with Gasteiger partial charge in [0.05, 0.1) is 6.61 Å². The predicted octanol–water partition coefficient (Wildman–Crippen LogP) is 2.91. The molecule has 0 spiro atoms. The summed E-state index contributed by atoms with van der Waals surface area (Å²) >= 11 is 4.62. The first-order valence-electron chi connectivity index (χ1n) is 5.65. The van der Waals surface area contributed by atoms with E-state index in [9.17, 15) is 4.79 Å². The van der Waals surface area contributed by atoms with Crippen LogP contribution >= 0.6 is 27.7 Å². The Morgan fingerprint density at radius 1 is 1.26 bits per heavy atom. The second kappa shape index (κ2) is 5.34. The Hall–Kier alpha value is -1.34. The highest BCUT2D eigenvalue weighted by molar-refractivity contribution is 9.10. The molecule has 2 aromatic rings. The van der Waals surface area contributed by atoms with Crippen molar-refractivity contribution in [2.45, 2.75) is 16.9 Å². The highest BCUT2D eigenvalue weighted by Crippen LogP contribution is 2.30. The van der Waals surface area contributed by atoms with Crippen LogP contribution in [0.3, 0.4) is 0 Å². The average Bonchev–Trinajstić information content (AvgIpc) is 3.01. The highest BCUT2D eigenvalue weighted by atomic mass is 79.9. The summed E-state index contributed by atoms with van der Waals surface area (Å²) in [6.45, 7) is 0.463. The van der Waals surface area contributed by atoms with Gasteiger partial charge in [-0.05, 0) is 36.0 Å². The molecule has 2 heterocycles. The van der Waals surface area contributed by atoms with E-state index in [1.54, 1.807) is 0 Å². The normalized spacial score (nSPS) is 18.6. The van der Waals surface area contributed by atoms with Gasteiger partial charge in [-0.2, -0.15) is 0 Å². The molecule has 0 saturated carbocycles. The van der Waals surface area contributed by atoms with Crippen molar-refractivity contribution in [2.75, 3.05) is 6.61 Å². The van der Waals surface area contributed by atoms with E-state index in [-0.39, 0.29) is 11.2 Å². The summed E-state index contributed by atoms with van der Waals surface area (Å²) in [6, 6.07) is 7.58. The molecule has 0 aliphatic carbocycles. The molecule has 5 nitrogen and oxygen atoms in total. The third-order valence-corrected chi connectivity index (χ3v) is 4.24. The Morgan fingerprint density at radius 3 is 2.74 bits per heavy atom. The van der Waals surface area contributed by atoms with Gasteiger partial charge in [-0.15, -0.1) is 10.2 Å². The van der Waals surface area contributed by atoms with Gasteiger partial charge in [-0.25, -0.2) is 0 Å². The third-order valence-electron chi connectivity index (χ3n) is 2.63. The molecular weight excluding hydrogens is 332 g/mol. The Balaban J connectivity index is 1.75. The fourth-order valence-electron chi connectivity index (χ4n) is 1.67. The number of hydrogen-bond acceptors (Lipinski definition) is 6. The summed E-state index contributed by atoms with van der Waals surface area (Å²) in [5.74, 6) is 0.231. The van der Waals surface area contributed by atoms with E-state index in [1.807, 2.05) is 24.3 Å². The smallest absolute Gasteiger partial charge is 0.319 e.